The summed E-state index contributed by atoms with van der Waals surface area (Å²) in [6, 6.07) is 0. The van der Waals surface area contributed by atoms with Crippen molar-refractivity contribution in [1.29, 1.82) is 0 Å². The minimum Gasteiger partial charge on any atom is -0.495 e. The third-order valence-corrected chi connectivity index (χ3v) is 6.19. The lowest BCUT2D eigenvalue weighted by Crippen LogP contribution is -2.18. The van der Waals surface area contributed by atoms with E-state index < -0.39 is 28.7 Å². The van der Waals surface area contributed by atoms with Gasteiger partial charge in [0, 0.05) is 16.2 Å². The summed E-state index contributed by atoms with van der Waals surface area (Å²) in [5.74, 6) is 0.929. The van der Waals surface area contributed by atoms with Gasteiger partial charge in [-0.3, -0.25) is 0 Å². The van der Waals surface area contributed by atoms with Crippen LogP contribution in [0.5, 0.6) is 0 Å². The molecule has 0 saturated carbocycles. The van der Waals surface area contributed by atoms with Crippen molar-refractivity contribution in [2.75, 3.05) is 25.7 Å². The second kappa shape index (κ2) is 12.1. The molecule has 0 fully saturated rings. The van der Waals surface area contributed by atoms with Crippen LogP contribution in [0.1, 0.15) is 19.8 Å². The number of aliphatic hydroxyl groups is 3. The summed E-state index contributed by atoms with van der Waals surface area (Å²) in [5, 5.41) is 27.5. The highest BCUT2D eigenvalue weighted by molar-refractivity contribution is 7.98. The number of allylic oxidation sites excluding steroid dienone is 8. The van der Waals surface area contributed by atoms with E-state index in [-0.39, 0.29) is 41.1 Å². The van der Waals surface area contributed by atoms with Gasteiger partial charge in [-0.05, 0) is 43.7 Å². The first kappa shape index (κ1) is 24.5. The fraction of sp³-hybridized carbons (Fsp3) is 0.474. The average Bonchev–Trinajstić information content (AvgIpc) is 2.71. The van der Waals surface area contributed by atoms with E-state index in [9.17, 15) is 18.6 Å². The summed E-state index contributed by atoms with van der Waals surface area (Å²) in [5.41, 5.74) is 0. The molecule has 0 aromatic carbocycles. The lowest BCUT2D eigenvalue weighted by atomic mass is 10.1. The molecule has 2 atom stereocenters. The molecule has 158 valence electrons. The molecule has 1 rings (SSSR count). The maximum Gasteiger partial charge on any atom is 0.198 e. The SMILES string of the molecule is C=C/C(=C\C=C(/C)S(=O)(=O)C1=CC=C(OCC(O)CCl)CC1)OCC(O)CO. The summed E-state index contributed by atoms with van der Waals surface area (Å²) in [6.45, 7) is 4.53. The van der Waals surface area contributed by atoms with Crippen molar-refractivity contribution in [2.45, 2.75) is 32.0 Å². The fourth-order valence-corrected chi connectivity index (χ4v) is 3.47. The Kier molecular flexibility index (Phi) is 10.6. The highest BCUT2D eigenvalue weighted by Gasteiger charge is 2.22. The monoisotopic (exact) mass is 434 g/mol. The van der Waals surface area contributed by atoms with Gasteiger partial charge in [0.05, 0.1) is 18.2 Å². The highest BCUT2D eigenvalue weighted by atomic mass is 35.5. The van der Waals surface area contributed by atoms with Crippen LogP contribution in [0.25, 0.3) is 0 Å². The smallest absolute Gasteiger partial charge is 0.198 e. The quantitative estimate of drug-likeness (QED) is 0.244. The fourth-order valence-electron chi connectivity index (χ4n) is 2.11. The van der Waals surface area contributed by atoms with Crippen molar-refractivity contribution in [2.24, 2.45) is 0 Å². The van der Waals surface area contributed by atoms with Crippen molar-refractivity contribution in [3.63, 3.8) is 0 Å². The number of aliphatic hydroxyl groups excluding tert-OH is 3. The maximum absolute atomic E-state index is 12.7. The van der Waals surface area contributed by atoms with Crippen LogP contribution in [0.15, 0.2) is 58.3 Å². The van der Waals surface area contributed by atoms with E-state index in [0.29, 0.717) is 12.2 Å². The van der Waals surface area contributed by atoms with Gasteiger partial charge in [-0.1, -0.05) is 6.58 Å². The molecular weight excluding hydrogens is 408 g/mol. The molecule has 7 nitrogen and oxygen atoms in total. The second-order valence-electron chi connectivity index (χ2n) is 6.09. The first-order valence-corrected chi connectivity index (χ1v) is 10.7. The molecular formula is C19H27ClO7S. The van der Waals surface area contributed by atoms with Crippen LogP contribution in [-0.4, -0.2) is 61.6 Å². The van der Waals surface area contributed by atoms with Gasteiger partial charge < -0.3 is 24.8 Å². The zero-order chi connectivity index (χ0) is 21.2. The van der Waals surface area contributed by atoms with Crippen LogP contribution >= 0.6 is 11.6 Å². The predicted octanol–water partition coefficient (Wildman–Crippen LogP) is 1.92. The predicted molar refractivity (Wildman–Crippen MR) is 108 cm³/mol. The number of sulfone groups is 1. The number of hydrogen-bond acceptors (Lipinski definition) is 7. The third kappa shape index (κ3) is 7.81. The van der Waals surface area contributed by atoms with Gasteiger partial charge in [-0.15, -0.1) is 11.6 Å². The Hall–Kier alpha value is -1.58. The third-order valence-electron chi connectivity index (χ3n) is 3.82. The lowest BCUT2D eigenvalue weighted by molar-refractivity contribution is 0.0330. The summed E-state index contributed by atoms with van der Waals surface area (Å²) in [4.78, 5) is 0.386. The van der Waals surface area contributed by atoms with E-state index in [0.717, 1.165) is 0 Å². The van der Waals surface area contributed by atoms with Crippen LogP contribution in [0.3, 0.4) is 0 Å². The number of alkyl halides is 1. The van der Waals surface area contributed by atoms with E-state index >= 15 is 0 Å². The maximum atomic E-state index is 12.7. The molecule has 0 heterocycles. The molecule has 28 heavy (non-hydrogen) atoms. The second-order valence-corrected chi connectivity index (χ2v) is 8.57. The highest BCUT2D eigenvalue weighted by Crippen LogP contribution is 2.27. The lowest BCUT2D eigenvalue weighted by Gasteiger charge is -2.17. The molecule has 1 aliphatic carbocycles. The molecule has 3 N–H and O–H groups in total. The van der Waals surface area contributed by atoms with Crippen molar-refractivity contribution in [3.05, 3.63) is 58.3 Å². The molecule has 2 unspecified atom stereocenters. The Morgan fingerprint density at radius 3 is 2.50 bits per heavy atom. The number of ether oxygens (including phenoxy) is 2. The van der Waals surface area contributed by atoms with E-state index in [1.54, 1.807) is 6.08 Å². The van der Waals surface area contributed by atoms with Gasteiger partial charge in [-0.2, -0.15) is 0 Å². The largest absolute Gasteiger partial charge is 0.495 e. The molecule has 0 radical (unpaired) electrons. The van der Waals surface area contributed by atoms with Gasteiger partial charge in [0.25, 0.3) is 0 Å². The molecule has 0 bridgehead atoms. The number of hydrogen-bond donors (Lipinski definition) is 3. The standard InChI is InChI=1S/C19H27ClO7S/c1-3-17(26-13-16(23)11-21)5-4-14(2)28(24,25)19-8-6-18(7-9-19)27-12-15(22)10-20/h3-6,8,15-16,21-23H,1,7,9-13H2,2H3/b14-4+,17-5+. The molecule has 0 saturated heterocycles. The van der Waals surface area contributed by atoms with Gasteiger partial charge in [0.2, 0.25) is 0 Å². The average molecular weight is 435 g/mol. The first-order valence-electron chi connectivity index (χ1n) is 8.69. The van der Waals surface area contributed by atoms with Crippen LogP contribution in [0, 0.1) is 0 Å². The van der Waals surface area contributed by atoms with Crippen LogP contribution in [-0.2, 0) is 19.3 Å². The summed E-state index contributed by atoms with van der Waals surface area (Å²) in [6.07, 6.45) is 6.17. The van der Waals surface area contributed by atoms with E-state index in [4.69, 9.17) is 26.2 Å². The molecule has 9 heteroatoms. The Morgan fingerprint density at radius 1 is 1.25 bits per heavy atom. The van der Waals surface area contributed by atoms with Crippen molar-refractivity contribution in [3.8, 4) is 0 Å². The number of rotatable bonds is 12. The summed E-state index contributed by atoms with van der Waals surface area (Å²) < 4.78 is 36.0. The van der Waals surface area contributed by atoms with Crippen molar-refractivity contribution in [1.82, 2.24) is 0 Å². The van der Waals surface area contributed by atoms with Gasteiger partial charge >= 0.3 is 0 Å². The van der Waals surface area contributed by atoms with Gasteiger partial charge in [0.15, 0.2) is 9.84 Å². The van der Waals surface area contributed by atoms with Crippen molar-refractivity contribution < 1.29 is 33.2 Å². The van der Waals surface area contributed by atoms with E-state index in [1.807, 2.05) is 0 Å². The van der Waals surface area contributed by atoms with E-state index in [1.165, 1.54) is 31.2 Å². The minimum absolute atomic E-state index is 0.0598. The Morgan fingerprint density at radius 2 is 1.96 bits per heavy atom. The summed E-state index contributed by atoms with van der Waals surface area (Å²) >= 11 is 5.50. The molecule has 0 aliphatic heterocycles. The molecule has 1 aliphatic rings. The molecule has 0 aromatic rings. The Bertz CT molecular complexity index is 750. The van der Waals surface area contributed by atoms with Crippen LogP contribution in [0.4, 0.5) is 0 Å². The van der Waals surface area contributed by atoms with Crippen LogP contribution in [0.2, 0.25) is 0 Å². The minimum atomic E-state index is -3.63. The molecule has 0 amide bonds. The van der Waals surface area contributed by atoms with Gasteiger partial charge in [0.1, 0.15) is 31.2 Å². The molecule has 0 spiro atoms. The topological polar surface area (TPSA) is 113 Å². The zero-order valence-corrected chi connectivity index (χ0v) is 17.3. The normalized spacial score (nSPS) is 18.0. The van der Waals surface area contributed by atoms with Gasteiger partial charge in [-0.25, -0.2) is 8.42 Å². The Balaban J connectivity index is 2.83. The number of halogens is 1. The van der Waals surface area contributed by atoms with Crippen LogP contribution < -0.4 is 0 Å². The van der Waals surface area contributed by atoms with Crippen molar-refractivity contribution >= 4 is 21.4 Å². The molecule has 0 aromatic heterocycles. The van der Waals surface area contributed by atoms with E-state index in [2.05, 4.69) is 6.58 Å². The Labute approximate surface area is 170 Å². The zero-order valence-electron chi connectivity index (χ0n) is 15.8. The first-order chi connectivity index (χ1) is 13.2. The summed E-state index contributed by atoms with van der Waals surface area (Å²) in [7, 11) is -3.63.